The predicted molar refractivity (Wildman–Crippen MR) is 92.6 cm³/mol. The quantitative estimate of drug-likeness (QED) is 0.585. The summed E-state index contributed by atoms with van der Waals surface area (Å²) >= 11 is 0. The van der Waals surface area contributed by atoms with Gasteiger partial charge in [-0.05, 0) is 33.4 Å². The lowest BCUT2D eigenvalue weighted by molar-refractivity contribution is 0.112. The van der Waals surface area contributed by atoms with Crippen LogP contribution in [0, 0.1) is 0 Å². The zero-order valence-corrected chi connectivity index (χ0v) is 14.2. The van der Waals surface area contributed by atoms with Crippen LogP contribution >= 0.6 is 0 Å². The molecule has 0 aromatic heterocycles. The van der Waals surface area contributed by atoms with Gasteiger partial charge in [0.2, 0.25) is 0 Å². The molecule has 126 valence electrons. The summed E-state index contributed by atoms with van der Waals surface area (Å²) in [6.07, 6.45) is 0. The summed E-state index contributed by atoms with van der Waals surface area (Å²) in [5.74, 6) is 0. The van der Waals surface area contributed by atoms with E-state index in [0.29, 0.717) is 0 Å². The third-order valence-electron chi connectivity index (χ3n) is 8.83. The molecule has 0 atom stereocenters. The summed E-state index contributed by atoms with van der Waals surface area (Å²) < 4.78 is 20.5. The third-order valence-corrected chi connectivity index (χ3v) is 8.83. The van der Waals surface area contributed by atoms with Crippen molar-refractivity contribution in [3.8, 4) is 0 Å². The first kappa shape index (κ1) is 12.1. The number of rotatable bonds is 0. The second kappa shape index (κ2) is 2.70. The van der Waals surface area contributed by atoms with E-state index >= 15 is 0 Å². The Morgan fingerprint density at radius 3 is 0.704 bits per heavy atom. The van der Waals surface area contributed by atoms with E-state index in [1.54, 1.807) is 0 Å². The highest BCUT2D eigenvalue weighted by molar-refractivity contribution is 5.85. The molecule has 3 heterocycles. The number of fused-ring (bicyclic) bond motifs is 3. The average molecular weight is 348 g/mol. The SMILES string of the molecule is c1ccc2c(c1)C13OC14c1ccccc1C41OC14c1ccccc1C41OC231. The molecule has 0 radical (unpaired) electrons. The van der Waals surface area contributed by atoms with Crippen LogP contribution < -0.4 is 0 Å². The van der Waals surface area contributed by atoms with Gasteiger partial charge in [0, 0.05) is 0 Å². The smallest absolute Gasteiger partial charge is 0.168 e. The minimum absolute atomic E-state index is 0.390. The van der Waals surface area contributed by atoms with Crippen molar-refractivity contribution in [2.24, 2.45) is 0 Å². The second-order valence-corrected chi connectivity index (χ2v) is 9.03. The minimum atomic E-state index is -0.390. The first-order valence-corrected chi connectivity index (χ1v) is 9.71. The third kappa shape index (κ3) is 0.622. The van der Waals surface area contributed by atoms with Crippen LogP contribution in [0.2, 0.25) is 0 Å². The van der Waals surface area contributed by atoms with Crippen LogP contribution in [0.25, 0.3) is 0 Å². The number of ether oxygens (including phenoxy) is 3. The fraction of sp³-hybridized carbons (Fsp3) is 0.250. The van der Waals surface area contributed by atoms with Gasteiger partial charge in [-0.25, -0.2) is 0 Å². The van der Waals surface area contributed by atoms with E-state index in [0.717, 1.165) is 0 Å². The standard InChI is InChI=1S/C24H12O3/c1-2-8-14-13(7-1)19-20(14)22(26-20)17-11-5-6-12-18(17)24(22)23(27-24)16-10-4-3-9-15(16)21(19,23)25-19/h1-12H. The van der Waals surface area contributed by atoms with E-state index in [1.807, 2.05) is 0 Å². The molecule has 4 aliphatic carbocycles. The highest BCUT2D eigenvalue weighted by atomic mass is 16.8. The molecule has 3 heteroatoms. The molecule has 1 saturated carbocycles. The molecule has 10 rings (SSSR count). The lowest BCUT2D eigenvalue weighted by Crippen LogP contribution is -2.67. The molecule has 0 unspecified atom stereocenters. The van der Waals surface area contributed by atoms with Crippen molar-refractivity contribution in [1.82, 2.24) is 0 Å². The summed E-state index contributed by atoms with van der Waals surface area (Å²) in [6.45, 7) is 0. The van der Waals surface area contributed by atoms with E-state index in [-0.39, 0.29) is 0 Å². The van der Waals surface area contributed by atoms with Crippen molar-refractivity contribution in [3.63, 3.8) is 0 Å². The van der Waals surface area contributed by atoms with Crippen LogP contribution in [0.4, 0.5) is 0 Å². The van der Waals surface area contributed by atoms with Crippen LogP contribution in [-0.2, 0) is 47.8 Å². The molecule has 3 aromatic rings. The predicted octanol–water partition coefficient (Wildman–Crippen LogP) is 3.40. The van der Waals surface area contributed by atoms with Crippen molar-refractivity contribution in [3.05, 3.63) is 106 Å². The summed E-state index contributed by atoms with van der Waals surface area (Å²) in [4.78, 5) is 0. The molecule has 3 nitrogen and oxygen atoms in total. The van der Waals surface area contributed by atoms with Crippen molar-refractivity contribution in [1.29, 1.82) is 0 Å². The van der Waals surface area contributed by atoms with Gasteiger partial charge >= 0.3 is 0 Å². The molecule has 3 aromatic carbocycles. The normalized spacial score (nSPS) is 52.9. The lowest BCUT2D eigenvalue weighted by Gasteiger charge is -2.54. The van der Waals surface area contributed by atoms with Crippen LogP contribution in [0.1, 0.15) is 33.4 Å². The Morgan fingerprint density at radius 2 is 0.519 bits per heavy atom. The topological polar surface area (TPSA) is 37.6 Å². The van der Waals surface area contributed by atoms with Gasteiger partial charge in [-0.1, -0.05) is 72.8 Å². The van der Waals surface area contributed by atoms with E-state index in [4.69, 9.17) is 14.2 Å². The monoisotopic (exact) mass is 348 g/mol. The van der Waals surface area contributed by atoms with Crippen LogP contribution in [-0.4, -0.2) is 0 Å². The number of hydrogen-bond acceptors (Lipinski definition) is 3. The van der Waals surface area contributed by atoms with Crippen molar-refractivity contribution < 1.29 is 14.2 Å². The van der Waals surface area contributed by atoms with Gasteiger partial charge in [0.1, 0.15) is 0 Å². The minimum Gasteiger partial charge on any atom is -0.345 e. The van der Waals surface area contributed by atoms with Gasteiger partial charge in [0.25, 0.3) is 0 Å². The zero-order valence-electron chi connectivity index (χ0n) is 14.2. The molecule has 6 spiro atoms. The van der Waals surface area contributed by atoms with Gasteiger partial charge in [-0.15, -0.1) is 0 Å². The Balaban J connectivity index is 1.44. The fourth-order valence-corrected chi connectivity index (χ4v) is 8.24. The maximum absolute atomic E-state index is 6.84. The lowest BCUT2D eigenvalue weighted by atomic mass is 9.36. The maximum atomic E-state index is 6.84. The fourth-order valence-electron chi connectivity index (χ4n) is 8.24. The van der Waals surface area contributed by atoms with Gasteiger partial charge in [-0.2, -0.15) is 0 Å². The molecule has 7 aliphatic rings. The highest BCUT2D eigenvalue weighted by Gasteiger charge is 3.21. The average Bonchev–Trinajstić information content (AvgIpc) is 3.61. The zero-order chi connectivity index (χ0) is 17.1. The number of epoxide rings is 3. The maximum Gasteiger partial charge on any atom is 0.168 e. The summed E-state index contributed by atoms with van der Waals surface area (Å²) in [6, 6.07) is 26.0. The van der Waals surface area contributed by atoms with Gasteiger partial charge < -0.3 is 14.2 Å². The summed E-state index contributed by atoms with van der Waals surface area (Å²) in [5.41, 5.74) is 5.43. The van der Waals surface area contributed by atoms with E-state index in [2.05, 4.69) is 72.8 Å². The Bertz CT molecular complexity index is 1070. The molecule has 4 fully saturated rings. The van der Waals surface area contributed by atoms with E-state index < -0.39 is 33.6 Å². The van der Waals surface area contributed by atoms with Crippen molar-refractivity contribution >= 4 is 0 Å². The molecule has 3 saturated heterocycles. The number of benzene rings is 3. The first-order valence-electron chi connectivity index (χ1n) is 9.71. The molecule has 0 amide bonds. The molecule has 0 N–H and O–H groups in total. The molecule has 0 bridgehead atoms. The van der Waals surface area contributed by atoms with E-state index in [9.17, 15) is 0 Å². The summed E-state index contributed by atoms with van der Waals surface area (Å²) in [7, 11) is 0. The van der Waals surface area contributed by atoms with Gasteiger partial charge in [-0.3, -0.25) is 0 Å². The summed E-state index contributed by atoms with van der Waals surface area (Å²) in [5, 5.41) is 0. The van der Waals surface area contributed by atoms with Gasteiger partial charge in [0.15, 0.2) is 33.6 Å². The molecular formula is C24H12O3. The van der Waals surface area contributed by atoms with Crippen LogP contribution in [0.5, 0.6) is 0 Å². The van der Waals surface area contributed by atoms with Crippen LogP contribution in [0.15, 0.2) is 72.8 Å². The Kier molecular flexibility index (Phi) is 1.21. The Labute approximate surface area is 154 Å². The molecule has 27 heavy (non-hydrogen) atoms. The second-order valence-electron chi connectivity index (χ2n) is 9.03. The Morgan fingerprint density at radius 1 is 0.333 bits per heavy atom. The largest absolute Gasteiger partial charge is 0.345 e. The first-order chi connectivity index (χ1) is 13.3. The highest BCUT2D eigenvalue weighted by Crippen LogP contribution is 3.09. The van der Waals surface area contributed by atoms with Crippen molar-refractivity contribution in [2.75, 3.05) is 0 Å². The number of hydrogen-bond donors (Lipinski definition) is 0. The van der Waals surface area contributed by atoms with E-state index in [1.165, 1.54) is 33.4 Å². The van der Waals surface area contributed by atoms with Gasteiger partial charge in [0.05, 0.1) is 0 Å². The Hall–Kier alpha value is -2.46. The van der Waals surface area contributed by atoms with Crippen molar-refractivity contribution in [2.45, 2.75) is 33.6 Å². The van der Waals surface area contributed by atoms with Crippen LogP contribution in [0.3, 0.4) is 0 Å². The molecular weight excluding hydrogens is 336 g/mol. The molecule has 3 aliphatic heterocycles.